The Hall–Kier alpha value is -4.07. The Kier molecular flexibility index (Phi) is 7.54. The third kappa shape index (κ3) is 5.69. The molecule has 2 aliphatic rings. The van der Waals surface area contributed by atoms with Crippen LogP contribution in [0, 0.1) is 0 Å². The van der Waals surface area contributed by atoms with E-state index in [1.54, 1.807) is 37.6 Å². The van der Waals surface area contributed by atoms with E-state index in [1.165, 1.54) is 0 Å². The molecule has 0 radical (unpaired) electrons. The Labute approximate surface area is 217 Å². The van der Waals surface area contributed by atoms with Crippen molar-refractivity contribution in [2.24, 2.45) is 0 Å². The lowest BCUT2D eigenvalue weighted by Crippen LogP contribution is -2.49. The highest BCUT2D eigenvalue weighted by Crippen LogP contribution is 2.26. The first-order chi connectivity index (χ1) is 18.1. The predicted molar refractivity (Wildman–Crippen MR) is 144 cm³/mol. The molecular weight excluding hydrogens is 466 g/mol. The summed E-state index contributed by atoms with van der Waals surface area (Å²) in [5.74, 6) is 1.69. The minimum Gasteiger partial charge on any atom is -0.497 e. The number of carbonyl (C=O) groups is 2. The fraction of sp³-hybridized carbons (Fsp3) is 0.345. The van der Waals surface area contributed by atoms with E-state index in [-0.39, 0.29) is 17.9 Å². The molecule has 2 saturated heterocycles. The van der Waals surface area contributed by atoms with Crippen molar-refractivity contribution >= 4 is 23.3 Å². The number of para-hydroxylation sites is 1. The number of methoxy groups -OCH3 is 1. The lowest BCUT2D eigenvalue weighted by Gasteiger charge is -2.37. The molecule has 0 unspecified atom stereocenters. The average Bonchev–Trinajstić information content (AvgIpc) is 2.98. The van der Waals surface area contributed by atoms with Crippen LogP contribution in [0.2, 0.25) is 0 Å². The van der Waals surface area contributed by atoms with Gasteiger partial charge in [-0.15, -0.1) is 0 Å². The van der Waals surface area contributed by atoms with Gasteiger partial charge < -0.3 is 24.8 Å². The Balaban J connectivity index is 1.17. The Morgan fingerprint density at radius 1 is 0.838 bits per heavy atom. The minimum atomic E-state index is -0.0680. The largest absolute Gasteiger partial charge is 0.497 e. The van der Waals surface area contributed by atoms with Gasteiger partial charge in [-0.2, -0.15) is 0 Å². The van der Waals surface area contributed by atoms with Gasteiger partial charge in [0.1, 0.15) is 11.6 Å². The van der Waals surface area contributed by atoms with Crippen LogP contribution in [0.5, 0.6) is 5.75 Å². The SMILES string of the molecule is COc1ccc(C(=O)NC2CCN(c3ccccc3C(=O)N3CCN(c4ccccn4)CC3)CC2)cc1. The van der Waals surface area contributed by atoms with E-state index in [0.29, 0.717) is 18.7 Å². The summed E-state index contributed by atoms with van der Waals surface area (Å²) in [5, 5.41) is 3.16. The van der Waals surface area contributed by atoms with Crippen LogP contribution in [0.4, 0.5) is 11.5 Å². The average molecular weight is 500 g/mol. The molecule has 2 fully saturated rings. The van der Waals surface area contributed by atoms with E-state index in [2.05, 4.69) is 20.1 Å². The molecule has 0 bridgehead atoms. The standard InChI is InChI=1S/C29H33N5O3/c1-37-24-11-9-22(10-12-24)28(35)31-23-13-16-32(17-14-23)26-7-3-2-6-25(26)29(36)34-20-18-33(19-21-34)27-8-4-5-15-30-27/h2-12,15,23H,13-14,16-21H2,1H3,(H,31,35). The highest BCUT2D eigenvalue weighted by atomic mass is 16.5. The lowest BCUT2D eigenvalue weighted by atomic mass is 10.0. The van der Waals surface area contributed by atoms with Crippen molar-refractivity contribution in [3.05, 3.63) is 84.1 Å². The van der Waals surface area contributed by atoms with Crippen molar-refractivity contribution in [1.29, 1.82) is 0 Å². The van der Waals surface area contributed by atoms with Crippen molar-refractivity contribution in [3.63, 3.8) is 0 Å². The molecule has 2 aliphatic heterocycles. The number of pyridine rings is 1. The predicted octanol–water partition coefficient (Wildman–Crippen LogP) is 3.45. The summed E-state index contributed by atoms with van der Waals surface area (Å²) < 4.78 is 5.17. The Morgan fingerprint density at radius 2 is 1.54 bits per heavy atom. The van der Waals surface area contributed by atoms with Gasteiger partial charge in [0, 0.05) is 62.8 Å². The first-order valence-electron chi connectivity index (χ1n) is 12.9. The maximum absolute atomic E-state index is 13.5. The number of anilines is 2. The molecule has 0 spiro atoms. The number of piperidine rings is 1. The minimum absolute atomic E-state index is 0.0680. The first-order valence-corrected chi connectivity index (χ1v) is 12.9. The number of carbonyl (C=O) groups excluding carboxylic acids is 2. The summed E-state index contributed by atoms with van der Waals surface area (Å²) in [6.07, 6.45) is 3.46. The van der Waals surface area contributed by atoms with E-state index in [0.717, 1.165) is 61.8 Å². The highest BCUT2D eigenvalue weighted by Gasteiger charge is 2.28. The summed E-state index contributed by atoms with van der Waals surface area (Å²) in [4.78, 5) is 37.1. The molecule has 5 rings (SSSR count). The van der Waals surface area contributed by atoms with Gasteiger partial charge in [-0.1, -0.05) is 18.2 Å². The summed E-state index contributed by atoms with van der Waals surface area (Å²) in [6.45, 7) is 4.44. The number of hydrogen-bond acceptors (Lipinski definition) is 6. The van der Waals surface area contributed by atoms with Crippen molar-refractivity contribution in [2.75, 3.05) is 56.2 Å². The number of nitrogens with one attached hydrogen (secondary N) is 1. The lowest BCUT2D eigenvalue weighted by molar-refractivity contribution is 0.0747. The maximum atomic E-state index is 13.5. The molecule has 0 saturated carbocycles. The molecule has 2 amide bonds. The third-order valence-corrected chi connectivity index (χ3v) is 7.20. The molecule has 0 atom stereocenters. The number of ether oxygens (including phenoxy) is 1. The van der Waals surface area contributed by atoms with Crippen molar-refractivity contribution < 1.29 is 14.3 Å². The van der Waals surface area contributed by atoms with Crippen LogP contribution >= 0.6 is 0 Å². The molecule has 2 aromatic carbocycles. The molecule has 1 aromatic heterocycles. The fourth-order valence-electron chi connectivity index (χ4n) is 5.06. The van der Waals surface area contributed by atoms with Crippen molar-refractivity contribution in [1.82, 2.24) is 15.2 Å². The van der Waals surface area contributed by atoms with Gasteiger partial charge in [-0.3, -0.25) is 9.59 Å². The second-order valence-electron chi connectivity index (χ2n) is 9.45. The summed E-state index contributed by atoms with van der Waals surface area (Å²) >= 11 is 0. The van der Waals surface area contributed by atoms with E-state index in [1.807, 2.05) is 47.4 Å². The highest BCUT2D eigenvalue weighted by molar-refractivity contribution is 6.00. The van der Waals surface area contributed by atoms with Gasteiger partial charge in [0.25, 0.3) is 11.8 Å². The summed E-state index contributed by atoms with van der Waals surface area (Å²) in [5.41, 5.74) is 2.34. The van der Waals surface area contributed by atoms with Gasteiger partial charge in [0.2, 0.25) is 0 Å². The second kappa shape index (κ2) is 11.3. The van der Waals surface area contributed by atoms with Crippen molar-refractivity contribution in [3.8, 4) is 5.75 Å². The first kappa shape index (κ1) is 24.6. The van der Waals surface area contributed by atoms with Crippen LogP contribution in [0.1, 0.15) is 33.6 Å². The third-order valence-electron chi connectivity index (χ3n) is 7.20. The number of hydrogen-bond donors (Lipinski definition) is 1. The number of piperazine rings is 1. The zero-order chi connectivity index (χ0) is 25.6. The smallest absolute Gasteiger partial charge is 0.256 e. The quantitative estimate of drug-likeness (QED) is 0.560. The number of rotatable bonds is 6. The Morgan fingerprint density at radius 3 is 2.22 bits per heavy atom. The van der Waals surface area contributed by atoms with Gasteiger partial charge in [0.05, 0.1) is 12.7 Å². The van der Waals surface area contributed by atoms with E-state index < -0.39 is 0 Å². The van der Waals surface area contributed by atoms with Crippen molar-refractivity contribution in [2.45, 2.75) is 18.9 Å². The van der Waals surface area contributed by atoms with Crippen LogP contribution < -0.4 is 19.9 Å². The number of nitrogens with zero attached hydrogens (tertiary/aromatic N) is 4. The second-order valence-corrected chi connectivity index (χ2v) is 9.45. The Bertz CT molecular complexity index is 1200. The normalized spacial score (nSPS) is 16.4. The van der Waals surface area contributed by atoms with Gasteiger partial charge >= 0.3 is 0 Å². The molecule has 3 aromatic rings. The number of aromatic nitrogens is 1. The van der Waals surface area contributed by atoms with E-state index >= 15 is 0 Å². The molecule has 192 valence electrons. The molecule has 0 aliphatic carbocycles. The van der Waals surface area contributed by atoms with Gasteiger partial charge in [0.15, 0.2) is 0 Å². The molecule has 37 heavy (non-hydrogen) atoms. The zero-order valence-electron chi connectivity index (χ0n) is 21.2. The van der Waals surface area contributed by atoms with Crippen LogP contribution in [0.3, 0.4) is 0 Å². The maximum Gasteiger partial charge on any atom is 0.256 e. The molecular formula is C29H33N5O3. The fourth-order valence-corrected chi connectivity index (χ4v) is 5.06. The van der Waals surface area contributed by atoms with Gasteiger partial charge in [-0.05, 0) is 61.4 Å². The van der Waals surface area contributed by atoms with Gasteiger partial charge in [-0.25, -0.2) is 4.98 Å². The molecule has 1 N–H and O–H groups in total. The van der Waals surface area contributed by atoms with E-state index in [4.69, 9.17) is 4.74 Å². The molecule has 3 heterocycles. The summed E-state index contributed by atoms with van der Waals surface area (Å²) in [6, 6.07) is 21.1. The monoisotopic (exact) mass is 499 g/mol. The van der Waals surface area contributed by atoms with Crippen LogP contribution in [0.15, 0.2) is 72.9 Å². The molecule has 8 heteroatoms. The van der Waals surface area contributed by atoms with Crippen LogP contribution in [-0.4, -0.2) is 74.1 Å². The van der Waals surface area contributed by atoms with Crippen LogP contribution in [-0.2, 0) is 0 Å². The zero-order valence-corrected chi connectivity index (χ0v) is 21.2. The topological polar surface area (TPSA) is 78.0 Å². The summed E-state index contributed by atoms with van der Waals surface area (Å²) in [7, 11) is 1.61. The molecule has 8 nitrogen and oxygen atoms in total. The number of amides is 2. The number of benzene rings is 2. The van der Waals surface area contributed by atoms with Crippen LogP contribution in [0.25, 0.3) is 0 Å². The van der Waals surface area contributed by atoms with E-state index in [9.17, 15) is 9.59 Å².